The maximum atomic E-state index is 14.1. The fourth-order valence-electron chi connectivity index (χ4n) is 3.69. The summed E-state index contributed by atoms with van der Waals surface area (Å²) in [6.45, 7) is 5.78. The lowest BCUT2D eigenvalue weighted by molar-refractivity contribution is 0.101. The Hall–Kier alpha value is -4.47. The van der Waals surface area contributed by atoms with Crippen LogP contribution in [0.1, 0.15) is 27.2 Å². The molecule has 0 radical (unpaired) electrons. The quantitative estimate of drug-likeness (QED) is 0.429. The monoisotopic (exact) mass is 459 g/mol. The van der Waals surface area contributed by atoms with E-state index >= 15 is 0 Å². The van der Waals surface area contributed by atoms with Crippen LogP contribution in [0.15, 0.2) is 55.0 Å². The average Bonchev–Trinajstić information content (AvgIpc) is 3.39. The summed E-state index contributed by atoms with van der Waals surface area (Å²) in [5.41, 5.74) is 3.54. The number of rotatable bonds is 4. The Kier molecular flexibility index (Phi) is 5.12. The normalized spacial score (nSPS) is 11.2. The molecule has 1 N–H and O–H groups in total. The number of hydrogen-bond donors (Lipinski definition) is 1. The molecule has 0 atom stereocenters. The van der Waals surface area contributed by atoms with Crippen LogP contribution < -0.4 is 5.32 Å². The molecule has 3 heterocycles. The average molecular weight is 459 g/mol. The van der Waals surface area contributed by atoms with E-state index in [0.717, 1.165) is 28.9 Å². The SMILES string of the molecule is Cc1cc(NC(=O)c2c(F)cccc2F)n(-c2ncnc3c2cnn3-c2ccc(C)c(C)c2)n1. The van der Waals surface area contributed by atoms with E-state index in [4.69, 9.17) is 0 Å². The zero-order valence-electron chi connectivity index (χ0n) is 18.5. The van der Waals surface area contributed by atoms with Crippen LogP contribution in [-0.4, -0.2) is 35.4 Å². The Balaban J connectivity index is 1.58. The smallest absolute Gasteiger partial charge is 0.262 e. The maximum absolute atomic E-state index is 14.1. The Morgan fingerprint density at radius 2 is 1.71 bits per heavy atom. The van der Waals surface area contributed by atoms with E-state index in [9.17, 15) is 13.6 Å². The molecule has 0 aliphatic rings. The van der Waals surface area contributed by atoms with Gasteiger partial charge in [0.05, 0.1) is 23.0 Å². The predicted octanol–water partition coefficient (Wildman–Crippen LogP) is 4.46. The van der Waals surface area contributed by atoms with Crippen LogP contribution in [-0.2, 0) is 0 Å². The number of anilines is 1. The largest absolute Gasteiger partial charge is 0.306 e. The van der Waals surface area contributed by atoms with E-state index < -0.39 is 23.1 Å². The maximum Gasteiger partial charge on any atom is 0.262 e. The van der Waals surface area contributed by atoms with Gasteiger partial charge in [0.25, 0.3) is 5.91 Å². The summed E-state index contributed by atoms with van der Waals surface area (Å²) in [6.07, 6.45) is 2.98. The molecule has 0 saturated heterocycles. The lowest BCUT2D eigenvalue weighted by Gasteiger charge is -2.10. The molecule has 0 aliphatic heterocycles. The van der Waals surface area contributed by atoms with E-state index in [1.807, 2.05) is 32.0 Å². The van der Waals surface area contributed by atoms with Gasteiger partial charge in [-0.3, -0.25) is 4.79 Å². The van der Waals surface area contributed by atoms with Gasteiger partial charge in [-0.25, -0.2) is 23.4 Å². The number of carbonyl (C=O) groups is 1. The molecule has 2 aromatic carbocycles. The number of fused-ring (bicyclic) bond motifs is 1. The van der Waals surface area contributed by atoms with Gasteiger partial charge in [0.1, 0.15) is 29.3 Å². The number of hydrogen-bond acceptors (Lipinski definition) is 5. The number of benzene rings is 2. The first-order valence-electron chi connectivity index (χ1n) is 10.4. The molecule has 0 unspecified atom stereocenters. The number of amides is 1. The summed E-state index contributed by atoms with van der Waals surface area (Å²) in [4.78, 5) is 21.4. The van der Waals surface area contributed by atoms with Crippen molar-refractivity contribution in [3.63, 3.8) is 0 Å². The first-order chi connectivity index (χ1) is 16.3. The molecule has 0 spiro atoms. The molecular formula is C24H19F2N7O. The van der Waals surface area contributed by atoms with Gasteiger partial charge in [-0.2, -0.15) is 14.9 Å². The molecule has 34 heavy (non-hydrogen) atoms. The van der Waals surface area contributed by atoms with E-state index in [1.54, 1.807) is 23.9 Å². The standard InChI is InChI=1S/C24H19F2N7O/c1-13-7-8-16(9-14(13)2)32-22-17(11-29-32)23(28-12-27-22)33-20(10-15(3)31-33)30-24(34)21-18(25)5-4-6-19(21)26/h4-12H,1-3H3,(H,30,34). The fraction of sp³-hybridized carbons (Fsp3) is 0.125. The molecule has 0 saturated carbocycles. The van der Waals surface area contributed by atoms with Crippen LogP contribution in [0.3, 0.4) is 0 Å². The van der Waals surface area contributed by atoms with Crippen LogP contribution >= 0.6 is 0 Å². The van der Waals surface area contributed by atoms with Crippen LogP contribution in [0.5, 0.6) is 0 Å². The first-order valence-corrected chi connectivity index (χ1v) is 10.4. The predicted molar refractivity (Wildman–Crippen MR) is 122 cm³/mol. The molecule has 0 bridgehead atoms. The van der Waals surface area contributed by atoms with Gasteiger partial charge in [-0.1, -0.05) is 12.1 Å². The molecule has 170 valence electrons. The Bertz CT molecular complexity index is 1550. The van der Waals surface area contributed by atoms with Gasteiger partial charge in [0, 0.05) is 6.07 Å². The van der Waals surface area contributed by atoms with Gasteiger partial charge >= 0.3 is 0 Å². The Morgan fingerprint density at radius 1 is 0.941 bits per heavy atom. The number of aryl methyl sites for hydroxylation is 3. The van der Waals surface area contributed by atoms with E-state index in [-0.39, 0.29) is 5.82 Å². The highest BCUT2D eigenvalue weighted by Gasteiger charge is 2.21. The summed E-state index contributed by atoms with van der Waals surface area (Å²) in [5.74, 6) is -2.30. The zero-order valence-corrected chi connectivity index (χ0v) is 18.5. The van der Waals surface area contributed by atoms with Gasteiger partial charge in [0.15, 0.2) is 11.5 Å². The van der Waals surface area contributed by atoms with E-state index in [0.29, 0.717) is 22.5 Å². The summed E-state index contributed by atoms with van der Waals surface area (Å²) >= 11 is 0. The lowest BCUT2D eigenvalue weighted by atomic mass is 10.1. The summed E-state index contributed by atoms with van der Waals surface area (Å²) in [7, 11) is 0. The fourth-order valence-corrected chi connectivity index (χ4v) is 3.69. The summed E-state index contributed by atoms with van der Waals surface area (Å²) in [6, 6.07) is 10.8. The van der Waals surface area contributed by atoms with Crippen molar-refractivity contribution in [2.75, 3.05) is 5.32 Å². The molecule has 5 aromatic rings. The second-order valence-corrected chi connectivity index (χ2v) is 7.89. The number of nitrogens with zero attached hydrogens (tertiary/aromatic N) is 6. The molecule has 8 nitrogen and oxygen atoms in total. The van der Waals surface area contributed by atoms with Gasteiger partial charge < -0.3 is 5.32 Å². The number of nitrogens with one attached hydrogen (secondary N) is 1. The van der Waals surface area contributed by atoms with Crippen molar-refractivity contribution in [1.82, 2.24) is 29.5 Å². The van der Waals surface area contributed by atoms with Crippen molar-refractivity contribution < 1.29 is 13.6 Å². The molecule has 3 aromatic heterocycles. The van der Waals surface area contributed by atoms with Gasteiger partial charge in [0.2, 0.25) is 0 Å². The molecular weight excluding hydrogens is 440 g/mol. The second kappa shape index (κ2) is 8.14. The van der Waals surface area contributed by atoms with Crippen LogP contribution in [0.2, 0.25) is 0 Å². The van der Waals surface area contributed by atoms with Crippen LogP contribution in [0.4, 0.5) is 14.6 Å². The van der Waals surface area contributed by atoms with Crippen LogP contribution in [0, 0.1) is 32.4 Å². The van der Waals surface area contributed by atoms with Crippen molar-refractivity contribution in [1.29, 1.82) is 0 Å². The topological polar surface area (TPSA) is 90.5 Å². The van der Waals surface area contributed by atoms with Crippen molar-refractivity contribution in [3.8, 4) is 11.5 Å². The van der Waals surface area contributed by atoms with E-state index in [2.05, 4.69) is 25.5 Å². The number of carbonyl (C=O) groups excluding carboxylic acids is 1. The minimum atomic E-state index is -0.959. The van der Waals surface area contributed by atoms with E-state index in [1.165, 1.54) is 17.1 Å². The van der Waals surface area contributed by atoms with Gasteiger partial charge in [-0.05, 0) is 56.2 Å². The highest BCUT2D eigenvalue weighted by atomic mass is 19.1. The number of aromatic nitrogens is 6. The molecule has 1 amide bonds. The molecule has 5 rings (SSSR count). The molecule has 10 heteroatoms. The molecule has 0 fully saturated rings. The number of halogens is 2. The summed E-state index contributed by atoms with van der Waals surface area (Å²) in [5, 5.41) is 12.0. The lowest BCUT2D eigenvalue weighted by Crippen LogP contribution is -2.18. The highest BCUT2D eigenvalue weighted by Crippen LogP contribution is 2.25. The first kappa shape index (κ1) is 21.4. The van der Waals surface area contributed by atoms with Crippen molar-refractivity contribution >= 4 is 22.8 Å². The molecule has 0 aliphatic carbocycles. The third kappa shape index (κ3) is 3.58. The second-order valence-electron chi connectivity index (χ2n) is 7.89. The zero-order chi connectivity index (χ0) is 24.0. The van der Waals surface area contributed by atoms with Crippen molar-refractivity contribution in [3.05, 3.63) is 89.0 Å². The third-order valence-electron chi connectivity index (χ3n) is 5.54. The Morgan fingerprint density at radius 3 is 2.44 bits per heavy atom. The Labute approximate surface area is 192 Å². The minimum Gasteiger partial charge on any atom is -0.306 e. The van der Waals surface area contributed by atoms with Crippen molar-refractivity contribution in [2.45, 2.75) is 20.8 Å². The van der Waals surface area contributed by atoms with Crippen LogP contribution in [0.25, 0.3) is 22.5 Å². The highest BCUT2D eigenvalue weighted by molar-refractivity contribution is 6.04. The summed E-state index contributed by atoms with van der Waals surface area (Å²) < 4.78 is 31.3. The minimum absolute atomic E-state index is 0.198. The van der Waals surface area contributed by atoms with Gasteiger partial charge in [-0.15, -0.1) is 0 Å². The van der Waals surface area contributed by atoms with Crippen molar-refractivity contribution in [2.24, 2.45) is 0 Å². The third-order valence-corrected chi connectivity index (χ3v) is 5.54.